The van der Waals surface area contributed by atoms with Crippen LogP contribution in [0.25, 0.3) is 11.1 Å². The molecule has 0 spiro atoms. The first-order valence-corrected chi connectivity index (χ1v) is 10.9. The monoisotopic (exact) mass is 450 g/mol. The quantitative estimate of drug-likeness (QED) is 0.317. The van der Waals surface area contributed by atoms with Crippen molar-refractivity contribution in [2.24, 2.45) is 0 Å². The molecular formula is C19H15IO3S. The van der Waals surface area contributed by atoms with Gasteiger partial charge in [0.15, 0.2) is 0 Å². The molecule has 4 rings (SSSR count). The van der Waals surface area contributed by atoms with Crippen LogP contribution in [0.15, 0.2) is 77.7 Å². The number of hydrogen-bond donors (Lipinski definition) is 0. The molecular weight excluding hydrogens is 435 g/mol. The van der Waals surface area contributed by atoms with Crippen molar-refractivity contribution >= 4 is 10.1 Å². The van der Waals surface area contributed by atoms with Gasteiger partial charge in [-0.2, -0.15) is 0 Å². The molecule has 24 heavy (non-hydrogen) atoms. The van der Waals surface area contributed by atoms with E-state index in [1.165, 1.54) is 23.3 Å². The summed E-state index contributed by atoms with van der Waals surface area (Å²) in [6.45, 7) is 1.82. The van der Waals surface area contributed by atoms with E-state index in [1.54, 1.807) is 19.3 Å². The van der Waals surface area contributed by atoms with E-state index in [9.17, 15) is 13.0 Å². The van der Waals surface area contributed by atoms with Crippen molar-refractivity contribution in [3.05, 3.63) is 85.5 Å². The van der Waals surface area contributed by atoms with Crippen molar-refractivity contribution in [1.82, 2.24) is 0 Å². The molecule has 0 bridgehead atoms. The van der Waals surface area contributed by atoms with Gasteiger partial charge in [0, 0.05) is 11.1 Å². The van der Waals surface area contributed by atoms with E-state index in [4.69, 9.17) is 0 Å². The van der Waals surface area contributed by atoms with Crippen LogP contribution in [0, 0.1) is 14.1 Å². The summed E-state index contributed by atoms with van der Waals surface area (Å²) in [7, 11) is -4.27. The summed E-state index contributed by atoms with van der Waals surface area (Å²) in [6, 6.07) is 23.3. The summed E-state index contributed by atoms with van der Waals surface area (Å²) < 4.78 is 34.3. The first kappa shape index (κ1) is 17.1. The van der Waals surface area contributed by atoms with Crippen molar-refractivity contribution in [2.75, 3.05) is 0 Å². The zero-order valence-corrected chi connectivity index (χ0v) is 15.9. The average Bonchev–Trinajstić information content (AvgIpc) is 2.94. The Balaban J connectivity index is 0.000000144. The maximum Gasteiger partial charge on any atom is 0.359 e. The third-order valence-electron chi connectivity index (χ3n) is 3.55. The highest BCUT2D eigenvalue weighted by Crippen LogP contribution is 2.21. The molecule has 0 saturated heterocycles. The summed E-state index contributed by atoms with van der Waals surface area (Å²) in [5, 5.41) is 0. The Morgan fingerprint density at radius 2 is 1.21 bits per heavy atom. The normalized spacial score (nSPS) is 11.9. The first-order chi connectivity index (χ1) is 11.4. The van der Waals surface area contributed by atoms with Gasteiger partial charge in [-0.15, -0.1) is 0 Å². The summed E-state index contributed by atoms with van der Waals surface area (Å²) in [4.78, 5) is -0.178. The highest BCUT2D eigenvalue weighted by Gasteiger charge is 2.31. The topological polar surface area (TPSA) is 57.2 Å². The van der Waals surface area contributed by atoms with Crippen molar-refractivity contribution in [2.45, 2.75) is 11.8 Å². The summed E-state index contributed by atoms with van der Waals surface area (Å²) >= 11 is 0.103. The second-order valence-electron chi connectivity index (χ2n) is 5.32. The minimum atomic E-state index is -4.27. The highest BCUT2D eigenvalue weighted by atomic mass is 127. The lowest BCUT2D eigenvalue weighted by atomic mass is 10.1. The Labute approximate surface area is 152 Å². The minimum absolute atomic E-state index is 0.103. The van der Waals surface area contributed by atoms with Gasteiger partial charge in [0.1, 0.15) is 10.1 Å². The van der Waals surface area contributed by atoms with Crippen LogP contribution in [0.3, 0.4) is 0 Å². The van der Waals surface area contributed by atoms with E-state index in [0.29, 0.717) is 0 Å². The molecule has 1 aliphatic heterocycles. The van der Waals surface area contributed by atoms with Gasteiger partial charge in [0.05, 0.1) is 4.90 Å². The van der Waals surface area contributed by atoms with Crippen LogP contribution >= 0.6 is 0 Å². The average molecular weight is 450 g/mol. The molecule has 0 saturated carbocycles. The van der Waals surface area contributed by atoms with Crippen molar-refractivity contribution in [3.8, 4) is 11.1 Å². The van der Waals surface area contributed by atoms with Crippen molar-refractivity contribution in [3.63, 3.8) is 0 Å². The molecule has 122 valence electrons. The third-order valence-corrected chi connectivity index (χ3v) is 7.44. The Bertz CT molecular complexity index is 920. The Morgan fingerprint density at radius 3 is 1.67 bits per heavy atom. The molecule has 0 aliphatic carbocycles. The number of benzene rings is 3. The van der Waals surface area contributed by atoms with E-state index in [2.05, 4.69) is 48.5 Å². The second kappa shape index (κ2) is 7.04. The lowest BCUT2D eigenvalue weighted by Crippen LogP contribution is -3.61. The van der Waals surface area contributed by atoms with Crippen LogP contribution in [0.4, 0.5) is 0 Å². The zero-order valence-electron chi connectivity index (χ0n) is 12.9. The predicted molar refractivity (Wildman–Crippen MR) is 88.4 cm³/mol. The van der Waals surface area contributed by atoms with Gasteiger partial charge >= 0.3 is 21.2 Å². The minimum Gasteiger partial charge on any atom is -0.744 e. The molecule has 0 fully saturated rings. The molecule has 1 aliphatic rings. The zero-order chi connectivity index (χ0) is 17.2. The number of hydrogen-bond acceptors (Lipinski definition) is 3. The molecule has 5 heteroatoms. The first-order valence-electron chi connectivity index (χ1n) is 7.31. The van der Waals surface area contributed by atoms with Gasteiger partial charge in [-0.25, -0.2) is 8.42 Å². The van der Waals surface area contributed by atoms with Gasteiger partial charge < -0.3 is 4.55 Å². The maximum absolute atomic E-state index is 10.4. The molecule has 3 nitrogen and oxygen atoms in total. The van der Waals surface area contributed by atoms with Crippen LogP contribution in [0.1, 0.15) is 5.56 Å². The molecule has 0 atom stereocenters. The van der Waals surface area contributed by atoms with Gasteiger partial charge in [-0.3, -0.25) is 0 Å². The van der Waals surface area contributed by atoms with Crippen LogP contribution in [0.2, 0.25) is 0 Å². The second-order valence-corrected chi connectivity index (χ2v) is 9.56. The van der Waals surface area contributed by atoms with Gasteiger partial charge in [-0.1, -0.05) is 42.0 Å². The molecule has 0 aromatic heterocycles. The molecule has 0 unspecified atom stereocenters. The van der Waals surface area contributed by atoms with E-state index in [0.717, 1.165) is 5.56 Å². The number of rotatable bonds is 1. The summed E-state index contributed by atoms with van der Waals surface area (Å²) in [5.74, 6) is 0. The van der Waals surface area contributed by atoms with E-state index >= 15 is 0 Å². The fourth-order valence-electron chi connectivity index (χ4n) is 2.34. The van der Waals surface area contributed by atoms with Gasteiger partial charge in [-0.05, 0) is 43.3 Å². The highest BCUT2D eigenvalue weighted by molar-refractivity contribution is 7.85. The van der Waals surface area contributed by atoms with Crippen LogP contribution in [-0.4, -0.2) is 13.0 Å². The molecule has 1 heterocycles. The number of fused-ring (bicyclic) bond motifs is 3. The van der Waals surface area contributed by atoms with Crippen LogP contribution < -0.4 is 21.2 Å². The largest absolute Gasteiger partial charge is 0.744 e. The molecule has 3 aromatic carbocycles. The number of halogens is 1. The Hall–Kier alpha value is -1.70. The lowest BCUT2D eigenvalue weighted by molar-refractivity contribution is -0.589. The summed E-state index contributed by atoms with van der Waals surface area (Å²) in [6.07, 6.45) is 0. The predicted octanol–water partition coefficient (Wildman–Crippen LogP) is 0.695. The van der Waals surface area contributed by atoms with E-state index < -0.39 is 10.1 Å². The van der Waals surface area contributed by atoms with E-state index in [1.807, 2.05) is 6.92 Å². The molecule has 0 amide bonds. The summed E-state index contributed by atoms with van der Waals surface area (Å²) in [5.41, 5.74) is 3.86. The maximum atomic E-state index is 10.4. The molecule has 0 N–H and O–H groups in total. The SMILES string of the molecule is Cc1ccc(S(=O)(=O)[O-])cc1.c1ccc2c(c1)[I+]c1ccccc1-2. The van der Waals surface area contributed by atoms with Crippen molar-refractivity contribution < 1.29 is 34.2 Å². The van der Waals surface area contributed by atoms with Gasteiger partial charge in [0.25, 0.3) is 0 Å². The molecule has 3 aromatic rings. The fourth-order valence-corrected chi connectivity index (χ4v) is 5.73. The lowest BCUT2D eigenvalue weighted by Gasteiger charge is -2.05. The van der Waals surface area contributed by atoms with Gasteiger partial charge in [0.2, 0.25) is 7.14 Å². The van der Waals surface area contributed by atoms with Crippen molar-refractivity contribution in [1.29, 1.82) is 0 Å². The van der Waals surface area contributed by atoms with E-state index in [-0.39, 0.29) is 26.1 Å². The molecule has 0 radical (unpaired) electrons. The Kier molecular flexibility index (Phi) is 5.03. The number of aryl methyl sites for hydroxylation is 1. The Morgan fingerprint density at radius 1 is 0.750 bits per heavy atom. The van der Waals surface area contributed by atoms with Crippen LogP contribution in [0.5, 0.6) is 0 Å². The smallest absolute Gasteiger partial charge is 0.359 e. The van der Waals surface area contributed by atoms with Crippen LogP contribution in [-0.2, 0) is 10.1 Å². The third kappa shape index (κ3) is 3.85. The standard InChI is InChI=1S/C12H8I.C7H8O3S/c1-3-7-11-9(5-1)10-6-2-4-8-12(10)13-11;1-6-2-4-7(5-3-6)11(8,9)10/h1-8H;2-5H,1H3,(H,8,9,10)/q+1;/p-1. The fraction of sp³-hybridized carbons (Fsp3) is 0.0526.